The lowest BCUT2D eigenvalue weighted by Crippen LogP contribution is -2.02. The minimum Gasteiger partial charge on any atom is -0.383 e. The molecule has 0 aliphatic rings. The Morgan fingerprint density at radius 2 is 1.95 bits per heavy atom. The number of rotatable bonds is 3. The third kappa shape index (κ3) is 2.38. The van der Waals surface area contributed by atoms with Crippen LogP contribution in [0, 0.1) is 5.82 Å². The molecule has 2 N–H and O–H groups in total. The first-order chi connectivity index (χ1) is 9.74. The molecule has 2 heterocycles. The quantitative estimate of drug-likeness (QED) is 0.794. The van der Waals surface area contributed by atoms with Crippen molar-refractivity contribution in [3.05, 3.63) is 66.5 Å². The highest BCUT2D eigenvalue weighted by Gasteiger charge is 2.09. The predicted octanol–water partition coefficient (Wildman–Crippen LogP) is 2.71. The summed E-state index contributed by atoms with van der Waals surface area (Å²) < 4.78 is 14.9. The van der Waals surface area contributed by atoms with Crippen LogP contribution in [0.4, 0.5) is 10.2 Å². The third-order valence-electron chi connectivity index (χ3n) is 3.09. The lowest BCUT2D eigenvalue weighted by Gasteiger charge is -2.09. The van der Waals surface area contributed by atoms with Crippen molar-refractivity contribution in [2.45, 2.75) is 6.54 Å². The maximum Gasteiger partial charge on any atom is 0.132 e. The number of imidazole rings is 1. The molecule has 0 fully saturated rings. The Hall–Kier alpha value is -2.69. The summed E-state index contributed by atoms with van der Waals surface area (Å²) in [5.41, 5.74) is 8.61. The van der Waals surface area contributed by atoms with Crippen LogP contribution in [0.25, 0.3) is 11.3 Å². The van der Waals surface area contributed by atoms with Crippen LogP contribution >= 0.6 is 0 Å². The summed E-state index contributed by atoms with van der Waals surface area (Å²) in [6.45, 7) is 0.601. The Bertz CT molecular complexity index is 719. The Balaban J connectivity index is 1.95. The molecule has 0 atom stereocenters. The molecule has 2 aromatic heterocycles. The lowest BCUT2D eigenvalue weighted by molar-refractivity contribution is 0.626. The van der Waals surface area contributed by atoms with Gasteiger partial charge in [0.25, 0.3) is 0 Å². The van der Waals surface area contributed by atoms with E-state index in [9.17, 15) is 4.39 Å². The summed E-state index contributed by atoms with van der Waals surface area (Å²) in [5.74, 6) is 0.226. The topological polar surface area (TPSA) is 56.7 Å². The minimum atomic E-state index is -0.240. The molecule has 0 unspecified atom stereocenters. The van der Waals surface area contributed by atoms with Crippen molar-refractivity contribution in [1.29, 1.82) is 0 Å². The average molecular weight is 268 g/mol. The van der Waals surface area contributed by atoms with Gasteiger partial charge in [-0.2, -0.15) is 0 Å². The second-order valence-electron chi connectivity index (χ2n) is 4.47. The summed E-state index contributed by atoms with van der Waals surface area (Å²) in [6.07, 6.45) is 5.13. The van der Waals surface area contributed by atoms with E-state index in [4.69, 9.17) is 5.73 Å². The zero-order chi connectivity index (χ0) is 13.9. The average Bonchev–Trinajstić information content (AvgIpc) is 2.90. The largest absolute Gasteiger partial charge is 0.383 e. The van der Waals surface area contributed by atoms with E-state index >= 15 is 0 Å². The van der Waals surface area contributed by atoms with Gasteiger partial charge < -0.3 is 10.3 Å². The van der Waals surface area contributed by atoms with Crippen LogP contribution in [0.3, 0.4) is 0 Å². The van der Waals surface area contributed by atoms with E-state index in [-0.39, 0.29) is 5.82 Å². The van der Waals surface area contributed by atoms with Crippen molar-refractivity contribution < 1.29 is 4.39 Å². The molecule has 0 saturated heterocycles. The first kappa shape index (κ1) is 12.3. The standard InChI is InChI=1S/C15H13FN4/c16-12-5-3-11(4-6-12)9-20-10-18-8-14(20)13-2-1-7-19-15(13)17/h1-8,10H,9H2,(H2,17,19). The first-order valence-electron chi connectivity index (χ1n) is 6.19. The number of halogens is 1. The van der Waals surface area contributed by atoms with Crippen LogP contribution in [0.2, 0.25) is 0 Å². The molecule has 0 radical (unpaired) electrons. The van der Waals surface area contributed by atoms with E-state index in [1.54, 1.807) is 30.9 Å². The molecule has 0 amide bonds. The molecule has 0 spiro atoms. The van der Waals surface area contributed by atoms with Crippen molar-refractivity contribution >= 4 is 5.82 Å². The normalized spacial score (nSPS) is 10.7. The number of hydrogen-bond donors (Lipinski definition) is 1. The van der Waals surface area contributed by atoms with Crippen LogP contribution < -0.4 is 5.73 Å². The number of nitrogen functional groups attached to an aromatic ring is 1. The van der Waals surface area contributed by atoms with Gasteiger partial charge >= 0.3 is 0 Å². The second kappa shape index (κ2) is 5.13. The maximum absolute atomic E-state index is 12.9. The Morgan fingerprint density at radius 1 is 1.15 bits per heavy atom. The van der Waals surface area contributed by atoms with E-state index in [0.717, 1.165) is 16.8 Å². The molecule has 4 nitrogen and oxygen atoms in total. The van der Waals surface area contributed by atoms with Gasteiger partial charge in [-0.25, -0.2) is 14.4 Å². The minimum absolute atomic E-state index is 0.240. The number of benzene rings is 1. The Morgan fingerprint density at radius 3 is 2.70 bits per heavy atom. The van der Waals surface area contributed by atoms with Gasteiger partial charge in [-0.15, -0.1) is 0 Å². The van der Waals surface area contributed by atoms with Crippen LogP contribution in [0.15, 0.2) is 55.1 Å². The Labute approximate surface area is 115 Å². The highest BCUT2D eigenvalue weighted by Crippen LogP contribution is 2.24. The molecule has 3 rings (SSSR count). The predicted molar refractivity (Wildman–Crippen MR) is 75.4 cm³/mol. The summed E-state index contributed by atoms with van der Waals surface area (Å²) in [6, 6.07) is 10.1. The van der Waals surface area contributed by atoms with E-state index in [2.05, 4.69) is 9.97 Å². The highest BCUT2D eigenvalue weighted by atomic mass is 19.1. The molecular formula is C15H13FN4. The molecule has 0 saturated carbocycles. The van der Waals surface area contributed by atoms with Crippen LogP contribution in [-0.4, -0.2) is 14.5 Å². The van der Waals surface area contributed by atoms with Crippen LogP contribution in [0.5, 0.6) is 0 Å². The van der Waals surface area contributed by atoms with Gasteiger partial charge in [-0.3, -0.25) is 0 Å². The van der Waals surface area contributed by atoms with Crippen molar-refractivity contribution in [3.8, 4) is 11.3 Å². The molecular weight excluding hydrogens is 255 g/mol. The number of hydrogen-bond acceptors (Lipinski definition) is 3. The summed E-state index contributed by atoms with van der Waals surface area (Å²) in [7, 11) is 0. The number of nitrogens with zero attached hydrogens (tertiary/aromatic N) is 3. The zero-order valence-corrected chi connectivity index (χ0v) is 10.7. The van der Waals surface area contributed by atoms with E-state index in [1.807, 2.05) is 16.7 Å². The van der Waals surface area contributed by atoms with Gasteiger partial charge in [0, 0.05) is 18.3 Å². The fourth-order valence-electron chi connectivity index (χ4n) is 2.09. The number of pyridine rings is 1. The maximum atomic E-state index is 12.9. The Kier molecular flexibility index (Phi) is 3.16. The molecule has 0 aliphatic carbocycles. The van der Waals surface area contributed by atoms with E-state index in [0.29, 0.717) is 12.4 Å². The highest BCUT2D eigenvalue weighted by molar-refractivity contribution is 5.70. The van der Waals surface area contributed by atoms with E-state index < -0.39 is 0 Å². The molecule has 1 aromatic carbocycles. The lowest BCUT2D eigenvalue weighted by atomic mass is 10.2. The monoisotopic (exact) mass is 268 g/mol. The first-order valence-corrected chi connectivity index (χ1v) is 6.19. The number of nitrogens with two attached hydrogens (primary N) is 1. The van der Waals surface area contributed by atoms with Gasteiger partial charge in [0.15, 0.2) is 0 Å². The second-order valence-corrected chi connectivity index (χ2v) is 4.47. The van der Waals surface area contributed by atoms with Gasteiger partial charge in [-0.1, -0.05) is 12.1 Å². The molecule has 0 aliphatic heterocycles. The fourth-order valence-corrected chi connectivity index (χ4v) is 2.09. The van der Waals surface area contributed by atoms with Crippen molar-refractivity contribution in [2.24, 2.45) is 0 Å². The molecule has 0 bridgehead atoms. The van der Waals surface area contributed by atoms with E-state index in [1.165, 1.54) is 12.1 Å². The number of anilines is 1. The van der Waals surface area contributed by atoms with Gasteiger partial charge in [0.05, 0.1) is 18.2 Å². The molecule has 5 heteroatoms. The fraction of sp³-hybridized carbons (Fsp3) is 0.0667. The summed E-state index contributed by atoms with van der Waals surface area (Å²) in [5, 5.41) is 0. The van der Waals surface area contributed by atoms with Gasteiger partial charge in [-0.05, 0) is 29.8 Å². The van der Waals surface area contributed by atoms with Crippen LogP contribution in [0.1, 0.15) is 5.56 Å². The molecule has 100 valence electrons. The molecule has 3 aromatic rings. The number of aromatic nitrogens is 3. The SMILES string of the molecule is Nc1ncccc1-c1cncn1Cc1ccc(F)cc1. The van der Waals surface area contributed by atoms with Gasteiger partial charge in [0.2, 0.25) is 0 Å². The van der Waals surface area contributed by atoms with Gasteiger partial charge in [0.1, 0.15) is 11.6 Å². The smallest absolute Gasteiger partial charge is 0.132 e. The third-order valence-corrected chi connectivity index (χ3v) is 3.09. The van der Waals surface area contributed by atoms with Crippen LogP contribution in [-0.2, 0) is 6.54 Å². The zero-order valence-electron chi connectivity index (χ0n) is 10.7. The van der Waals surface area contributed by atoms with Crippen molar-refractivity contribution in [3.63, 3.8) is 0 Å². The summed E-state index contributed by atoms with van der Waals surface area (Å²) in [4.78, 5) is 8.24. The van der Waals surface area contributed by atoms with Crippen molar-refractivity contribution in [2.75, 3.05) is 5.73 Å². The van der Waals surface area contributed by atoms with Crippen molar-refractivity contribution in [1.82, 2.24) is 14.5 Å². The summed E-state index contributed by atoms with van der Waals surface area (Å²) >= 11 is 0. The molecule has 20 heavy (non-hydrogen) atoms.